The molecule has 0 heterocycles. The molecule has 0 unspecified atom stereocenters. The zero-order chi connectivity index (χ0) is 44.2. The summed E-state index contributed by atoms with van der Waals surface area (Å²) >= 11 is 0. The van der Waals surface area contributed by atoms with Gasteiger partial charge in [-0.05, 0) is 182 Å². The van der Waals surface area contributed by atoms with Gasteiger partial charge in [-0.3, -0.25) is 0 Å². The van der Waals surface area contributed by atoms with Gasteiger partial charge in [0.1, 0.15) is 0 Å². The molecule has 1 heteroatoms. The Morgan fingerprint density at radius 3 is 1.14 bits per heavy atom. The molecule has 0 aromatic heterocycles. The average molecular weight is 850 g/mol. The molecule has 0 atom stereocenters. The molecule has 2 aliphatic rings. The topological polar surface area (TPSA) is 3.24 Å². The van der Waals surface area contributed by atoms with Gasteiger partial charge in [-0.25, -0.2) is 0 Å². The lowest BCUT2D eigenvalue weighted by Crippen LogP contribution is -2.10. The minimum atomic E-state index is 1.04. The highest BCUT2D eigenvalue weighted by Crippen LogP contribution is 2.47. The molecule has 0 amide bonds. The number of fused-ring (bicyclic) bond motifs is 3. The van der Waals surface area contributed by atoms with Gasteiger partial charge in [0.2, 0.25) is 0 Å². The molecular weight excluding hydrogens is 795 g/mol. The predicted molar refractivity (Wildman–Crippen MR) is 283 cm³/mol. The fourth-order valence-corrected chi connectivity index (χ4v) is 10.9. The maximum absolute atomic E-state index is 4.82. The Morgan fingerprint density at radius 1 is 0.273 bits per heavy atom. The number of anilines is 3. The first-order valence-corrected chi connectivity index (χ1v) is 24.0. The van der Waals surface area contributed by atoms with E-state index < -0.39 is 0 Å². The lowest BCUT2D eigenvalue weighted by atomic mass is 9.76. The van der Waals surface area contributed by atoms with Crippen LogP contribution in [0.4, 0.5) is 17.1 Å². The first-order chi connectivity index (χ1) is 32.7. The molecule has 1 nitrogen and oxygen atoms in total. The maximum atomic E-state index is 4.82. The molecule has 0 N–H and O–H groups in total. The van der Waals surface area contributed by atoms with Crippen LogP contribution in [0.15, 0.2) is 236 Å². The van der Waals surface area contributed by atoms with Gasteiger partial charge in [-0.15, -0.1) is 0 Å². The second kappa shape index (κ2) is 18.6. The number of hydrogen-bond acceptors (Lipinski definition) is 1. The van der Waals surface area contributed by atoms with Crippen molar-refractivity contribution in [3.63, 3.8) is 0 Å². The van der Waals surface area contributed by atoms with Crippen molar-refractivity contribution in [1.82, 2.24) is 0 Å². The van der Waals surface area contributed by atoms with Gasteiger partial charge < -0.3 is 4.90 Å². The van der Waals surface area contributed by atoms with Crippen molar-refractivity contribution in [2.24, 2.45) is 0 Å². The Kier molecular flexibility index (Phi) is 11.6. The number of hydrogen-bond donors (Lipinski definition) is 0. The Hall–Kier alpha value is -7.48. The van der Waals surface area contributed by atoms with Gasteiger partial charge in [0.05, 0.1) is 0 Å². The van der Waals surface area contributed by atoms with Crippen LogP contribution in [0.25, 0.3) is 66.1 Å². The van der Waals surface area contributed by atoms with E-state index >= 15 is 0 Å². The third kappa shape index (κ3) is 8.01. The minimum Gasteiger partial charge on any atom is -0.311 e. The summed E-state index contributed by atoms with van der Waals surface area (Å²) in [5, 5.41) is 5.05. The van der Waals surface area contributed by atoms with E-state index in [1.165, 1.54) is 115 Å². The van der Waals surface area contributed by atoms with Crippen LogP contribution in [-0.2, 0) is 0 Å². The smallest absolute Gasteiger partial charge is 0.0462 e. The first-order valence-electron chi connectivity index (χ1n) is 24.0. The summed E-state index contributed by atoms with van der Waals surface area (Å²) in [6.07, 6.45) is 10.5. The Morgan fingerprint density at radius 2 is 0.621 bits per heavy atom. The molecule has 0 spiro atoms. The standard InChI is InChI=1S/C65H55N/c1-46-20-6-2-13-27-56(49-23-9-4-10-24-49)57-28-14-15-29-58(57)63(46)51-36-42-54(43-37-51)66(53-40-34-48(35-41-53)47-21-7-3-8-22-47)55-44-38-52(39-45-55)65-61-32-18-16-30-59(61)64(50-25-11-5-12-26-50)60-31-17-19-33-62(60)65/h3-5,7-12,16-19,21-26,30-45H,1-2,6,13-15,20,27-29H2/b57-56+,63-58+. The van der Waals surface area contributed by atoms with Crippen LogP contribution in [0.2, 0.25) is 0 Å². The molecule has 0 radical (unpaired) electrons. The van der Waals surface area contributed by atoms with E-state index in [-0.39, 0.29) is 0 Å². The summed E-state index contributed by atoms with van der Waals surface area (Å²) in [5.41, 5.74) is 20.8. The highest BCUT2D eigenvalue weighted by Gasteiger charge is 2.25. The second-order valence-electron chi connectivity index (χ2n) is 18.1. The lowest BCUT2D eigenvalue weighted by Gasteiger charge is -2.29. The van der Waals surface area contributed by atoms with Gasteiger partial charge in [0.25, 0.3) is 0 Å². The fourth-order valence-electron chi connectivity index (χ4n) is 10.9. The Bertz CT molecular complexity index is 3170. The molecule has 9 aromatic carbocycles. The van der Waals surface area contributed by atoms with Gasteiger partial charge in [0.15, 0.2) is 0 Å². The van der Waals surface area contributed by atoms with Crippen LogP contribution < -0.4 is 4.90 Å². The van der Waals surface area contributed by atoms with Gasteiger partial charge >= 0.3 is 0 Å². The highest BCUT2D eigenvalue weighted by atomic mass is 15.1. The van der Waals surface area contributed by atoms with E-state index in [0.29, 0.717) is 0 Å². The van der Waals surface area contributed by atoms with Crippen molar-refractivity contribution in [2.75, 3.05) is 4.90 Å². The molecule has 9 aromatic rings. The minimum absolute atomic E-state index is 1.04. The average Bonchev–Trinajstić information content (AvgIpc) is 3.39. The van der Waals surface area contributed by atoms with Crippen LogP contribution in [0.5, 0.6) is 0 Å². The lowest BCUT2D eigenvalue weighted by molar-refractivity contribution is 0.662. The van der Waals surface area contributed by atoms with Crippen LogP contribution >= 0.6 is 0 Å². The SMILES string of the molecule is C=C1CCCCC/C(c2ccccc2)=C2/CCCC/C2=C/1c1ccc(N(c2ccc(-c3ccccc3)cc2)c2ccc(-c3c4ccccc4c(-c4ccccc4)c4ccccc34)cc2)cc1. The number of benzene rings is 9. The molecule has 320 valence electrons. The molecule has 1 fully saturated rings. The number of nitrogens with zero attached hydrogens (tertiary/aromatic N) is 1. The Labute approximate surface area is 390 Å². The van der Waals surface area contributed by atoms with E-state index in [0.717, 1.165) is 42.7 Å². The molecule has 0 bridgehead atoms. The largest absolute Gasteiger partial charge is 0.311 e. The molecule has 1 saturated carbocycles. The van der Waals surface area contributed by atoms with E-state index in [2.05, 4.69) is 217 Å². The van der Waals surface area contributed by atoms with Crippen molar-refractivity contribution in [3.8, 4) is 33.4 Å². The van der Waals surface area contributed by atoms with E-state index in [1.54, 1.807) is 11.1 Å². The summed E-state index contributed by atoms with van der Waals surface area (Å²) < 4.78 is 0. The van der Waals surface area contributed by atoms with Crippen LogP contribution in [0.3, 0.4) is 0 Å². The van der Waals surface area contributed by atoms with Crippen molar-refractivity contribution >= 4 is 49.8 Å². The third-order valence-electron chi connectivity index (χ3n) is 14.1. The van der Waals surface area contributed by atoms with Crippen LogP contribution in [-0.4, -0.2) is 0 Å². The zero-order valence-corrected chi connectivity index (χ0v) is 37.7. The third-order valence-corrected chi connectivity index (χ3v) is 14.1. The van der Waals surface area contributed by atoms with Gasteiger partial charge in [-0.1, -0.05) is 189 Å². The highest BCUT2D eigenvalue weighted by molar-refractivity contribution is 6.21. The maximum Gasteiger partial charge on any atom is 0.0462 e. The Balaban J connectivity index is 1.03. The summed E-state index contributed by atoms with van der Waals surface area (Å²) in [5.74, 6) is 0. The second-order valence-corrected chi connectivity index (χ2v) is 18.1. The number of rotatable bonds is 8. The molecule has 66 heavy (non-hydrogen) atoms. The number of allylic oxidation sites excluding steroid dienone is 5. The predicted octanol–water partition coefficient (Wildman–Crippen LogP) is 18.8. The van der Waals surface area contributed by atoms with Crippen molar-refractivity contribution in [1.29, 1.82) is 0 Å². The van der Waals surface area contributed by atoms with Crippen molar-refractivity contribution in [2.45, 2.75) is 57.8 Å². The molecule has 11 rings (SSSR count). The molecule has 2 aliphatic carbocycles. The summed E-state index contributed by atoms with van der Waals surface area (Å²) in [7, 11) is 0. The van der Waals surface area contributed by atoms with Crippen LogP contribution in [0, 0.1) is 0 Å². The van der Waals surface area contributed by atoms with Gasteiger partial charge in [-0.2, -0.15) is 0 Å². The van der Waals surface area contributed by atoms with Crippen molar-refractivity contribution < 1.29 is 0 Å². The monoisotopic (exact) mass is 849 g/mol. The van der Waals surface area contributed by atoms with Crippen LogP contribution in [0.1, 0.15) is 68.9 Å². The first kappa shape index (κ1) is 41.2. The molecule has 0 aliphatic heterocycles. The normalized spacial score (nSPS) is 16.8. The fraction of sp³-hybridized carbons (Fsp3) is 0.138. The quantitative estimate of drug-likeness (QED) is 0.138. The summed E-state index contributed by atoms with van der Waals surface area (Å²) in [6, 6.07) is 78.3. The van der Waals surface area contributed by atoms with E-state index in [4.69, 9.17) is 6.58 Å². The van der Waals surface area contributed by atoms with E-state index in [9.17, 15) is 0 Å². The van der Waals surface area contributed by atoms with Crippen molar-refractivity contribution in [3.05, 3.63) is 247 Å². The molecule has 0 saturated heterocycles. The van der Waals surface area contributed by atoms with Gasteiger partial charge in [0, 0.05) is 17.1 Å². The zero-order valence-electron chi connectivity index (χ0n) is 37.7. The van der Waals surface area contributed by atoms with E-state index in [1.807, 2.05) is 0 Å². The summed E-state index contributed by atoms with van der Waals surface area (Å²) in [6.45, 7) is 4.82. The molecular formula is C65H55N. The summed E-state index contributed by atoms with van der Waals surface area (Å²) in [4.78, 5) is 2.41.